The van der Waals surface area contributed by atoms with Gasteiger partial charge >= 0.3 is 0 Å². The summed E-state index contributed by atoms with van der Waals surface area (Å²) in [4.78, 5) is 13.3. The van der Waals surface area contributed by atoms with Crippen LogP contribution in [0.1, 0.15) is 10.4 Å². The molecule has 0 saturated heterocycles. The number of carbonyl (C=O) groups is 1. The number of H-pyrrole nitrogens is 1. The van der Waals surface area contributed by atoms with Gasteiger partial charge in [0, 0.05) is 22.7 Å². The predicted octanol–water partition coefficient (Wildman–Crippen LogP) is 2.12. The van der Waals surface area contributed by atoms with E-state index in [0.717, 1.165) is 5.39 Å². The van der Waals surface area contributed by atoms with E-state index in [1.807, 2.05) is 0 Å². The molecule has 0 unspecified atom stereocenters. The van der Waals surface area contributed by atoms with E-state index in [0.29, 0.717) is 17.4 Å². The number of hydrogen-bond donors (Lipinski definition) is 1. The number of benzene rings is 1. The van der Waals surface area contributed by atoms with E-state index in [-0.39, 0.29) is 0 Å². The number of carbonyl (C=O) groups excluding carboxylic acids is 1. The molecule has 0 radical (unpaired) electrons. The van der Waals surface area contributed by atoms with Gasteiger partial charge in [0.1, 0.15) is 5.82 Å². The average molecular weight is 163 g/mol. The minimum Gasteiger partial charge on any atom is -0.361 e. The molecule has 2 nitrogen and oxygen atoms in total. The zero-order valence-corrected chi connectivity index (χ0v) is 6.17. The van der Waals surface area contributed by atoms with Crippen LogP contribution in [0.15, 0.2) is 24.4 Å². The molecule has 1 aromatic heterocycles. The molecule has 2 aromatic rings. The van der Waals surface area contributed by atoms with Crippen molar-refractivity contribution in [3.63, 3.8) is 0 Å². The van der Waals surface area contributed by atoms with Crippen molar-refractivity contribution in [3.05, 3.63) is 35.8 Å². The van der Waals surface area contributed by atoms with Crippen LogP contribution in [-0.4, -0.2) is 11.3 Å². The summed E-state index contributed by atoms with van der Waals surface area (Å²) in [5, 5.41) is 0.756. The summed E-state index contributed by atoms with van der Waals surface area (Å²) in [6.07, 6.45) is 2.33. The molecule has 0 fully saturated rings. The van der Waals surface area contributed by atoms with Crippen molar-refractivity contribution < 1.29 is 9.18 Å². The first-order valence-corrected chi connectivity index (χ1v) is 3.53. The highest BCUT2D eigenvalue weighted by atomic mass is 19.1. The predicted molar refractivity (Wildman–Crippen MR) is 43.6 cm³/mol. The van der Waals surface area contributed by atoms with Gasteiger partial charge in [0.15, 0.2) is 6.29 Å². The SMILES string of the molecule is O=Cc1cc(F)cc2[nH]ccc12. The quantitative estimate of drug-likeness (QED) is 0.641. The molecule has 0 aliphatic rings. The van der Waals surface area contributed by atoms with E-state index in [1.165, 1.54) is 12.1 Å². The lowest BCUT2D eigenvalue weighted by Crippen LogP contribution is -1.83. The number of aromatic nitrogens is 1. The highest BCUT2D eigenvalue weighted by molar-refractivity contribution is 5.96. The number of aromatic amines is 1. The molecule has 0 bridgehead atoms. The lowest BCUT2D eigenvalue weighted by atomic mass is 10.1. The minimum atomic E-state index is -0.396. The van der Waals surface area contributed by atoms with Crippen LogP contribution in [-0.2, 0) is 0 Å². The minimum absolute atomic E-state index is 0.381. The molecule has 0 aliphatic heterocycles. The summed E-state index contributed by atoms with van der Waals surface area (Å²) in [5.41, 5.74) is 1.03. The van der Waals surface area contributed by atoms with E-state index in [9.17, 15) is 9.18 Å². The third-order valence-corrected chi connectivity index (χ3v) is 1.79. The standard InChI is InChI=1S/C9H6FNO/c10-7-3-6(5-12)8-1-2-11-9(8)4-7/h1-5,11H. The second kappa shape index (κ2) is 2.44. The van der Waals surface area contributed by atoms with Crippen LogP contribution in [0.4, 0.5) is 4.39 Å². The summed E-state index contributed by atoms with van der Waals surface area (Å²) < 4.78 is 12.8. The molecule has 1 aromatic carbocycles. The van der Waals surface area contributed by atoms with Crippen LogP contribution in [0.2, 0.25) is 0 Å². The number of nitrogens with one attached hydrogen (secondary N) is 1. The van der Waals surface area contributed by atoms with Crippen LogP contribution < -0.4 is 0 Å². The first kappa shape index (κ1) is 7.03. The molecule has 0 aliphatic carbocycles. The molecule has 0 atom stereocenters. The second-order valence-electron chi connectivity index (χ2n) is 2.55. The lowest BCUT2D eigenvalue weighted by molar-refractivity contribution is 0.112. The van der Waals surface area contributed by atoms with Crippen molar-refractivity contribution in [2.45, 2.75) is 0 Å². The Morgan fingerprint density at radius 3 is 3.00 bits per heavy atom. The highest BCUT2D eigenvalue weighted by Gasteiger charge is 2.02. The highest BCUT2D eigenvalue weighted by Crippen LogP contribution is 2.17. The topological polar surface area (TPSA) is 32.9 Å². The smallest absolute Gasteiger partial charge is 0.150 e. The van der Waals surface area contributed by atoms with Gasteiger partial charge in [-0.05, 0) is 18.2 Å². The Hall–Kier alpha value is -1.64. The van der Waals surface area contributed by atoms with E-state index < -0.39 is 5.82 Å². The maximum atomic E-state index is 12.8. The lowest BCUT2D eigenvalue weighted by Gasteiger charge is -1.94. The number of hydrogen-bond acceptors (Lipinski definition) is 1. The zero-order valence-electron chi connectivity index (χ0n) is 6.17. The number of aldehydes is 1. The summed E-state index contributed by atoms with van der Waals surface area (Å²) in [5.74, 6) is -0.396. The maximum absolute atomic E-state index is 12.8. The fourth-order valence-electron chi connectivity index (χ4n) is 1.26. The molecule has 0 saturated carbocycles. The van der Waals surface area contributed by atoms with Gasteiger partial charge in [-0.3, -0.25) is 4.79 Å². The van der Waals surface area contributed by atoms with Gasteiger partial charge in [-0.1, -0.05) is 0 Å². The summed E-state index contributed by atoms with van der Waals surface area (Å²) >= 11 is 0. The van der Waals surface area contributed by atoms with Gasteiger partial charge in [0.05, 0.1) is 0 Å². The molecular weight excluding hydrogens is 157 g/mol. The van der Waals surface area contributed by atoms with Crippen LogP contribution in [0.25, 0.3) is 10.9 Å². The number of fused-ring (bicyclic) bond motifs is 1. The number of halogens is 1. The average Bonchev–Trinajstić information content (AvgIpc) is 2.50. The monoisotopic (exact) mass is 163 g/mol. The third kappa shape index (κ3) is 0.906. The zero-order chi connectivity index (χ0) is 8.55. The van der Waals surface area contributed by atoms with Gasteiger partial charge in [0.2, 0.25) is 0 Å². The molecule has 2 rings (SSSR count). The fourth-order valence-corrected chi connectivity index (χ4v) is 1.26. The van der Waals surface area contributed by atoms with E-state index in [1.54, 1.807) is 12.3 Å². The molecule has 12 heavy (non-hydrogen) atoms. The molecule has 60 valence electrons. The van der Waals surface area contributed by atoms with Gasteiger partial charge < -0.3 is 4.98 Å². The van der Waals surface area contributed by atoms with Crippen molar-refractivity contribution in [1.82, 2.24) is 4.98 Å². The summed E-state index contributed by atoms with van der Waals surface area (Å²) in [6, 6.07) is 4.34. The summed E-state index contributed by atoms with van der Waals surface area (Å²) in [6.45, 7) is 0. The Bertz CT molecular complexity index is 433. The van der Waals surface area contributed by atoms with E-state index in [4.69, 9.17) is 0 Å². The number of rotatable bonds is 1. The first-order valence-electron chi connectivity index (χ1n) is 3.53. The Balaban J connectivity index is 2.88. The second-order valence-corrected chi connectivity index (χ2v) is 2.55. The van der Waals surface area contributed by atoms with Crippen LogP contribution in [0.5, 0.6) is 0 Å². The van der Waals surface area contributed by atoms with Crippen molar-refractivity contribution in [1.29, 1.82) is 0 Å². The molecule has 1 N–H and O–H groups in total. The van der Waals surface area contributed by atoms with Crippen molar-refractivity contribution in [2.24, 2.45) is 0 Å². The Labute approximate surface area is 68.0 Å². The Morgan fingerprint density at radius 2 is 2.25 bits per heavy atom. The fraction of sp³-hybridized carbons (Fsp3) is 0. The van der Waals surface area contributed by atoms with Crippen LogP contribution in [0.3, 0.4) is 0 Å². The largest absolute Gasteiger partial charge is 0.361 e. The molecule has 0 spiro atoms. The molecule has 0 amide bonds. The van der Waals surface area contributed by atoms with Gasteiger partial charge in [0.25, 0.3) is 0 Å². The Kier molecular flexibility index (Phi) is 1.43. The molecule has 1 heterocycles. The van der Waals surface area contributed by atoms with Gasteiger partial charge in [-0.15, -0.1) is 0 Å². The van der Waals surface area contributed by atoms with Crippen molar-refractivity contribution >= 4 is 17.2 Å². The van der Waals surface area contributed by atoms with E-state index >= 15 is 0 Å². The van der Waals surface area contributed by atoms with Gasteiger partial charge in [-0.25, -0.2) is 4.39 Å². The van der Waals surface area contributed by atoms with E-state index in [2.05, 4.69) is 4.98 Å². The van der Waals surface area contributed by atoms with Gasteiger partial charge in [-0.2, -0.15) is 0 Å². The van der Waals surface area contributed by atoms with Crippen LogP contribution >= 0.6 is 0 Å². The first-order chi connectivity index (χ1) is 5.81. The van der Waals surface area contributed by atoms with Crippen molar-refractivity contribution in [2.75, 3.05) is 0 Å². The van der Waals surface area contributed by atoms with Crippen molar-refractivity contribution in [3.8, 4) is 0 Å². The molecule has 3 heteroatoms. The van der Waals surface area contributed by atoms with Crippen LogP contribution in [0, 0.1) is 5.82 Å². The summed E-state index contributed by atoms with van der Waals surface area (Å²) in [7, 11) is 0. The third-order valence-electron chi connectivity index (χ3n) is 1.79. The maximum Gasteiger partial charge on any atom is 0.150 e. The Morgan fingerprint density at radius 1 is 1.42 bits per heavy atom. The normalized spacial score (nSPS) is 10.4. The molecular formula is C9H6FNO.